The summed E-state index contributed by atoms with van der Waals surface area (Å²) in [6.07, 6.45) is 5.35. The maximum Gasteiger partial charge on any atom is 0.121 e. The molecule has 154 valence electrons. The molecule has 2 aromatic carbocycles. The third-order valence-electron chi connectivity index (χ3n) is 4.77. The number of aliphatic hydroxyl groups excluding tert-OH is 2. The van der Waals surface area contributed by atoms with Crippen molar-refractivity contribution in [1.29, 1.82) is 0 Å². The zero-order chi connectivity index (χ0) is 20.0. The highest BCUT2D eigenvalue weighted by molar-refractivity contribution is 7.99. The Labute approximate surface area is 173 Å². The molecule has 0 aromatic heterocycles. The smallest absolute Gasteiger partial charge is 0.121 e. The highest BCUT2D eigenvalue weighted by Gasteiger charge is 2.09. The summed E-state index contributed by atoms with van der Waals surface area (Å²) in [5.41, 5.74) is 2.57. The van der Waals surface area contributed by atoms with Crippen LogP contribution in [0, 0.1) is 0 Å². The highest BCUT2D eigenvalue weighted by Crippen LogP contribution is 2.22. The maximum atomic E-state index is 10.2. The largest absolute Gasteiger partial charge is 0.508 e. The molecule has 0 amide bonds. The summed E-state index contributed by atoms with van der Waals surface area (Å²) in [6.45, 7) is 1.14. The van der Waals surface area contributed by atoms with Gasteiger partial charge in [0.1, 0.15) is 5.75 Å². The second-order valence-electron chi connectivity index (χ2n) is 7.03. The fourth-order valence-electron chi connectivity index (χ4n) is 3.04. The van der Waals surface area contributed by atoms with E-state index in [1.807, 2.05) is 11.8 Å². The molecule has 0 aliphatic heterocycles. The number of aromatic hydroxyl groups is 1. The number of phenols is 1. The lowest BCUT2D eigenvalue weighted by Gasteiger charge is -2.14. The topological polar surface area (TPSA) is 72.7 Å². The van der Waals surface area contributed by atoms with Gasteiger partial charge in [-0.3, -0.25) is 0 Å². The van der Waals surface area contributed by atoms with Crippen LogP contribution in [-0.2, 0) is 13.0 Å². The second-order valence-corrected chi connectivity index (χ2v) is 8.25. The number of hydrogen-bond donors (Lipinski definition) is 4. The predicted molar refractivity (Wildman–Crippen MR) is 118 cm³/mol. The minimum Gasteiger partial charge on any atom is -0.508 e. The van der Waals surface area contributed by atoms with Crippen LogP contribution in [0.15, 0.2) is 48.5 Å². The van der Waals surface area contributed by atoms with Gasteiger partial charge in [0.2, 0.25) is 0 Å². The Bertz CT molecular complexity index is 666. The van der Waals surface area contributed by atoms with Crippen LogP contribution in [0.5, 0.6) is 5.75 Å². The molecule has 1 atom stereocenters. The Hall–Kier alpha value is -1.53. The molecule has 0 aliphatic carbocycles. The quantitative estimate of drug-likeness (QED) is 0.358. The average molecular weight is 404 g/mol. The minimum atomic E-state index is -0.632. The Morgan fingerprint density at radius 3 is 2.50 bits per heavy atom. The van der Waals surface area contributed by atoms with Gasteiger partial charge in [-0.25, -0.2) is 0 Å². The first-order chi connectivity index (χ1) is 13.7. The first-order valence-electron chi connectivity index (χ1n) is 10.1. The fourth-order valence-corrected chi connectivity index (χ4v) is 4.03. The third-order valence-corrected chi connectivity index (χ3v) is 5.84. The maximum absolute atomic E-state index is 10.2. The molecule has 28 heavy (non-hydrogen) atoms. The predicted octanol–water partition coefficient (Wildman–Crippen LogP) is 4.04. The number of aryl methyl sites for hydroxylation is 1. The van der Waals surface area contributed by atoms with E-state index in [9.17, 15) is 15.3 Å². The van der Waals surface area contributed by atoms with Gasteiger partial charge < -0.3 is 20.6 Å². The van der Waals surface area contributed by atoms with E-state index < -0.39 is 6.10 Å². The average Bonchev–Trinajstić information content (AvgIpc) is 2.73. The molecule has 0 saturated heterocycles. The van der Waals surface area contributed by atoms with Gasteiger partial charge in [-0.15, -0.1) is 0 Å². The highest BCUT2D eigenvalue weighted by atomic mass is 32.2. The molecule has 2 rings (SSSR count). The summed E-state index contributed by atoms with van der Waals surface area (Å²) < 4.78 is 0. The summed E-state index contributed by atoms with van der Waals surface area (Å²) in [7, 11) is 0. The molecule has 2 aromatic rings. The van der Waals surface area contributed by atoms with Gasteiger partial charge in [-0.05, 0) is 60.6 Å². The zero-order valence-electron chi connectivity index (χ0n) is 16.5. The lowest BCUT2D eigenvalue weighted by molar-refractivity contribution is 0.174. The Balaban J connectivity index is 1.44. The number of benzene rings is 2. The third kappa shape index (κ3) is 8.65. The molecular formula is C23H33NO3S. The van der Waals surface area contributed by atoms with Crippen molar-refractivity contribution in [3.8, 4) is 5.75 Å². The molecule has 0 saturated carbocycles. The van der Waals surface area contributed by atoms with E-state index in [0.717, 1.165) is 19.4 Å². The lowest BCUT2D eigenvalue weighted by Crippen LogP contribution is -2.22. The summed E-state index contributed by atoms with van der Waals surface area (Å²) in [6, 6.07) is 15.5. The molecule has 0 heterocycles. The van der Waals surface area contributed by atoms with Gasteiger partial charge in [-0.2, -0.15) is 11.8 Å². The number of hydrogen-bond acceptors (Lipinski definition) is 5. The fraction of sp³-hybridized carbons (Fsp3) is 0.478. The number of rotatable bonds is 14. The van der Waals surface area contributed by atoms with E-state index in [1.54, 1.807) is 12.1 Å². The summed E-state index contributed by atoms with van der Waals surface area (Å²) in [4.78, 5) is 0. The first-order valence-corrected chi connectivity index (χ1v) is 11.3. The number of unbranched alkanes of at least 4 members (excludes halogenated alkanes) is 3. The van der Waals surface area contributed by atoms with Gasteiger partial charge >= 0.3 is 0 Å². The van der Waals surface area contributed by atoms with E-state index in [-0.39, 0.29) is 12.4 Å². The van der Waals surface area contributed by atoms with Gasteiger partial charge in [0.05, 0.1) is 12.7 Å². The molecule has 5 heteroatoms. The van der Waals surface area contributed by atoms with Crippen LogP contribution >= 0.6 is 11.8 Å². The second kappa shape index (κ2) is 13.6. The van der Waals surface area contributed by atoms with Crippen LogP contribution in [0.1, 0.15) is 48.5 Å². The molecule has 0 aliphatic rings. The Morgan fingerprint density at radius 1 is 0.929 bits per heavy atom. The molecule has 0 fully saturated rings. The van der Waals surface area contributed by atoms with E-state index in [4.69, 9.17) is 0 Å². The van der Waals surface area contributed by atoms with Crippen molar-refractivity contribution in [1.82, 2.24) is 5.32 Å². The standard InChI is InChI=1S/C23H33NO3S/c25-18-21-16-20(10-11-22(21)26)23(27)17-24-13-6-1-2-7-14-28-15-12-19-8-4-3-5-9-19/h3-5,8-11,16,23-27H,1-2,6-7,12-15,17-18H2. The van der Waals surface area contributed by atoms with Crippen LogP contribution in [0.2, 0.25) is 0 Å². The molecule has 0 radical (unpaired) electrons. The zero-order valence-corrected chi connectivity index (χ0v) is 17.3. The SMILES string of the molecule is OCc1cc(C(O)CNCCCCCCSCCc2ccccc2)ccc1O. The number of nitrogens with one attached hydrogen (secondary N) is 1. The summed E-state index contributed by atoms with van der Waals surface area (Å²) >= 11 is 2.04. The molecule has 0 bridgehead atoms. The van der Waals surface area contributed by atoms with Crippen LogP contribution in [0.3, 0.4) is 0 Å². The number of thioether (sulfide) groups is 1. The number of aliphatic hydroxyl groups is 2. The van der Waals surface area contributed by atoms with Crippen LogP contribution in [-0.4, -0.2) is 39.9 Å². The van der Waals surface area contributed by atoms with Gasteiger partial charge in [-0.1, -0.05) is 49.2 Å². The van der Waals surface area contributed by atoms with E-state index in [0.29, 0.717) is 17.7 Å². The van der Waals surface area contributed by atoms with Gasteiger partial charge in [0.25, 0.3) is 0 Å². The van der Waals surface area contributed by atoms with Crippen LogP contribution in [0.25, 0.3) is 0 Å². The van der Waals surface area contributed by atoms with Crippen molar-refractivity contribution in [3.63, 3.8) is 0 Å². The Kier molecular flexibility index (Phi) is 11.1. The lowest BCUT2D eigenvalue weighted by atomic mass is 10.1. The monoisotopic (exact) mass is 403 g/mol. The van der Waals surface area contributed by atoms with Crippen molar-refractivity contribution in [3.05, 3.63) is 65.2 Å². The van der Waals surface area contributed by atoms with E-state index in [1.165, 1.54) is 42.4 Å². The molecule has 0 spiro atoms. The van der Waals surface area contributed by atoms with Crippen molar-refractivity contribution in [2.24, 2.45) is 0 Å². The van der Waals surface area contributed by atoms with E-state index in [2.05, 4.69) is 35.6 Å². The van der Waals surface area contributed by atoms with Crippen LogP contribution < -0.4 is 5.32 Å². The summed E-state index contributed by atoms with van der Waals surface area (Å²) in [5, 5.41) is 32.3. The normalized spacial score (nSPS) is 12.2. The molecular weight excluding hydrogens is 370 g/mol. The summed E-state index contributed by atoms with van der Waals surface area (Å²) in [5.74, 6) is 2.48. The first kappa shape index (κ1) is 22.8. The van der Waals surface area contributed by atoms with Crippen molar-refractivity contribution < 1.29 is 15.3 Å². The van der Waals surface area contributed by atoms with Crippen molar-refractivity contribution >= 4 is 11.8 Å². The van der Waals surface area contributed by atoms with Gasteiger partial charge in [0, 0.05) is 12.1 Å². The molecule has 1 unspecified atom stereocenters. The molecule has 4 N–H and O–H groups in total. The molecule has 4 nitrogen and oxygen atoms in total. The van der Waals surface area contributed by atoms with Gasteiger partial charge in [0.15, 0.2) is 0 Å². The Morgan fingerprint density at radius 2 is 1.71 bits per heavy atom. The van der Waals surface area contributed by atoms with Crippen molar-refractivity contribution in [2.45, 2.75) is 44.8 Å². The van der Waals surface area contributed by atoms with E-state index >= 15 is 0 Å². The van der Waals surface area contributed by atoms with Crippen LogP contribution in [0.4, 0.5) is 0 Å². The minimum absolute atomic E-state index is 0.0599. The van der Waals surface area contributed by atoms with Crippen molar-refractivity contribution in [2.75, 3.05) is 24.6 Å².